The molecule has 0 aliphatic rings. The van der Waals surface area contributed by atoms with Crippen molar-refractivity contribution in [1.29, 1.82) is 0 Å². The Hall–Kier alpha value is -2.89. The monoisotopic (exact) mass is 437 g/mol. The van der Waals surface area contributed by atoms with Gasteiger partial charge >= 0.3 is 0 Å². The molecular weight excluding hydrogens is 418 g/mol. The highest BCUT2D eigenvalue weighted by Gasteiger charge is 2.19. The smallest absolute Gasteiger partial charge is 0.199 e. The zero-order chi connectivity index (χ0) is 21.3. The first-order valence-corrected chi connectivity index (χ1v) is 11.7. The molecule has 0 fully saturated rings. The van der Waals surface area contributed by atoms with Gasteiger partial charge in [0.2, 0.25) is 0 Å². The summed E-state index contributed by atoms with van der Waals surface area (Å²) in [6, 6.07) is 22.4. The van der Waals surface area contributed by atoms with E-state index in [2.05, 4.69) is 0 Å². The lowest BCUT2D eigenvalue weighted by Gasteiger charge is -2.05. The van der Waals surface area contributed by atoms with Gasteiger partial charge in [-0.2, -0.15) is 0 Å². The summed E-state index contributed by atoms with van der Waals surface area (Å²) < 4.78 is 29.8. The highest BCUT2D eigenvalue weighted by Crippen LogP contribution is 2.35. The minimum Gasteiger partial charge on any atom is -0.440 e. The lowest BCUT2D eigenvalue weighted by atomic mass is 10.0. The van der Waals surface area contributed by atoms with E-state index in [9.17, 15) is 8.42 Å². The molecule has 0 N–H and O–H groups in total. The fourth-order valence-electron chi connectivity index (χ4n) is 3.20. The molecule has 0 atom stereocenters. The van der Waals surface area contributed by atoms with Crippen LogP contribution in [0.2, 0.25) is 5.02 Å². The molecule has 0 bridgehead atoms. The van der Waals surface area contributed by atoms with Gasteiger partial charge in [0.25, 0.3) is 0 Å². The molecule has 152 valence electrons. The predicted octanol–water partition coefficient (Wildman–Crippen LogP) is 5.96. The normalized spacial score (nSPS) is 11.6. The number of hydrogen-bond acceptors (Lipinski definition) is 4. The standard InChI is InChI=1S/C24H20ClNO3S/c1-16-8-9-19(15-21(16)25)24-23(18-10-12-20(13-11-18)30(2,27)28)26-22(29-24)14-17-6-4-3-5-7-17/h3-13,15H,14H2,1-2H3. The zero-order valence-electron chi connectivity index (χ0n) is 16.6. The third kappa shape index (κ3) is 4.32. The summed E-state index contributed by atoms with van der Waals surface area (Å²) in [6.07, 6.45) is 1.74. The van der Waals surface area contributed by atoms with Crippen LogP contribution in [0.1, 0.15) is 17.0 Å². The lowest BCUT2D eigenvalue weighted by molar-refractivity contribution is 0.519. The average molecular weight is 438 g/mol. The van der Waals surface area contributed by atoms with Gasteiger partial charge in [-0.15, -0.1) is 0 Å². The van der Waals surface area contributed by atoms with Crippen molar-refractivity contribution in [2.24, 2.45) is 0 Å². The Balaban J connectivity index is 1.81. The molecule has 0 spiro atoms. The first-order chi connectivity index (χ1) is 14.3. The largest absolute Gasteiger partial charge is 0.440 e. The maximum Gasteiger partial charge on any atom is 0.199 e. The van der Waals surface area contributed by atoms with Gasteiger partial charge in [0.1, 0.15) is 5.69 Å². The SMILES string of the molecule is Cc1ccc(-c2oc(Cc3ccccc3)nc2-c2ccc(S(C)(=O)=O)cc2)cc1Cl. The minimum absolute atomic E-state index is 0.263. The molecule has 30 heavy (non-hydrogen) atoms. The van der Waals surface area contributed by atoms with Crippen LogP contribution in [0.3, 0.4) is 0 Å². The van der Waals surface area contributed by atoms with Crippen molar-refractivity contribution in [1.82, 2.24) is 4.98 Å². The van der Waals surface area contributed by atoms with Crippen molar-refractivity contribution in [3.05, 3.63) is 94.8 Å². The van der Waals surface area contributed by atoms with Crippen molar-refractivity contribution >= 4 is 21.4 Å². The van der Waals surface area contributed by atoms with Crippen LogP contribution in [0.25, 0.3) is 22.6 Å². The van der Waals surface area contributed by atoms with Gasteiger partial charge in [0.15, 0.2) is 21.5 Å². The maximum atomic E-state index is 11.8. The van der Waals surface area contributed by atoms with Crippen molar-refractivity contribution in [2.45, 2.75) is 18.2 Å². The first kappa shape index (κ1) is 20.4. The van der Waals surface area contributed by atoms with E-state index in [1.807, 2.05) is 55.5 Å². The number of oxazole rings is 1. The summed E-state index contributed by atoms with van der Waals surface area (Å²) in [4.78, 5) is 5.00. The van der Waals surface area contributed by atoms with Crippen LogP contribution in [0, 0.1) is 6.92 Å². The number of benzene rings is 3. The van der Waals surface area contributed by atoms with E-state index in [1.54, 1.807) is 24.3 Å². The van der Waals surface area contributed by atoms with Crippen LogP contribution in [0.4, 0.5) is 0 Å². The average Bonchev–Trinajstić information content (AvgIpc) is 3.14. The van der Waals surface area contributed by atoms with Crippen LogP contribution < -0.4 is 0 Å². The van der Waals surface area contributed by atoms with Crippen molar-refractivity contribution < 1.29 is 12.8 Å². The molecule has 0 radical (unpaired) electrons. The van der Waals surface area contributed by atoms with Gasteiger partial charge in [0.05, 0.1) is 4.90 Å². The molecule has 0 unspecified atom stereocenters. The number of halogens is 1. The van der Waals surface area contributed by atoms with E-state index in [4.69, 9.17) is 21.0 Å². The minimum atomic E-state index is -3.27. The molecule has 4 aromatic rings. The van der Waals surface area contributed by atoms with E-state index in [1.165, 1.54) is 6.26 Å². The van der Waals surface area contributed by atoms with Gasteiger partial charge in [-0.25, -0.2) is 13.4 Å². The van der Waals surface area contributed by atoms with E-state index < -0.39 is 9.84 Å². The summed E-state index contributed by atoms with van der Waals surface area (Å²) >= 11 is 6.34. The Morgan fingerprint density at radius 3 is 2.23 bits per heavy atom. The third-order valence-corrected chi connectivity index (χ3v) is 6.40. The molecular formula is C24H20ClNO3S. The van der Waals surface area contributed by atoms with Crippen LogP contribution in [-0.2, 0) is 16.3 Å². The molecule has 0 amide bonds. The fourth-order valence-corrected chi connectivity index (χ4v) is 4.01. The predicted molar refractivity (Wildman–Crippen MR) is 119 cm³/mol. The fraction of sp³-hybridized carbons (Fsp3) is 0.125. The first-order valence-electron chi connectivity index (χ1n) is 9.42. The van der Waals surface area contributed by atoms with Crippen LogP contribution in [0.15, 0.2) is 82.1 Å². The lowest BCUT2D eigenvalue weighted by Crippen LogP contribution is -1.96. The molecule has 0 aliphatic carbocycles. The summed E-state index contributed by atoms with van der Waals surface area (Å²) in [6.45, 7) is 1.94. The molecule has 4 rings (SSSR count). The van der Waals surface area contributed by atoms with E-state index >= 15 is 0 Å². The molecule has 1 aromatic heterocycles. The number of aryl methyl sites for hydroxylation is 1. The molecule has 0 saturated heterocycles. The summed E-state index contributed by atoms with van der Waals surface area (Å²) in [5.41, 5.74) is 4.31. The molecule has 1 heterocycles. The van der Waals surface area contributed by atoms with Gasteiger partial charge < -0.3 is 4.42 Å². The quantitative estimate of drug-likeness (QED) is 0.386. The highest BCUT2D eigenvalue weighted by atomic mass is 35.5. The number of rotatable bonds is 5. The Morgan fingerprint density at radius 2 is 1.60 bits per heavy atom. The van der Waals surface area contributed by atoms with Crippen LogP contribution in [-0.4, -0.2) is 19.7 Å². The Kier molecular flexibility index (Phi) is 5.50. The van der Waals surface area contributed by atoms with Gasteiger partial charge in [0, 0.05) is 28.8 Å². The molecule has 0 aliphatic heterocycles. The molecule has 0 saturated carbocycles. The Labute approximate surface area is 181 Å². The number of nitrogens with zero attached hydrogens (tertiary/aromatic N) is 1. The zero-order valence-corrected chi connectivity index (χ0v) is 18.2. The third-order valence-electron chi connectivity index (χ3n) is 4.86. The van der Waals surface area contributed by atoms with E-state index in [0.717, 1.165) is 22.3 Å². The number of aromatic nitrogens is 1. The highest BCUT2D eigenvalue weighted by molar-refractivity contribution is 7.90. The number of sulfone groups is 1. The molecule has 4 nitrogen and oxygen atoms in total. The topological polar surface area (TPSA) is 60.2 Å². The van der Waals surface area contributed by atoms with Gasteiger partial charge in [-0.1, -0.05) is 66.2 Å². The summed E-state index contributed by atoms with van der Waals surface area (Å²) in [5.74, 6) is 1.19. The molecule has 6 heteroatoms. The maximum absolute atomic E-state index is 11.8. The molecule has 3 aromatic carbocycles. The Bertz CT molecular complexity index is 1290. The number of hydrogen-bond donors (Lipinski definition) is 0. The van der Waals surface area contributed by atoms with E-state index in [0.29, 0.717) is 28.8 Å². The summed E-state index contributed by atoms with van der Waals surface area (Å²) in [5, 5.41) is 0.645. The second-order valence-corrected chi connectivity index (χ2v) is 9.63. The van der Waals surface area contributed by atoms with Crippen LogP contribution >= 0.6 is 11.6 Å². The Morgan fingerprint density at radius 1 is 0.933 bits per heavy atom. The van der Waals surface area contributed by atoms with Crippen molar-refractivity contribution in [3.63, 3.8) is 0 Å². The van der Waals surface area contributed by atoms with E-state index in [-0.39, 0.29) is 4.90 Å². The van der Waals surface area contributed by atoms with Gasteiger partial charge in [-0.05, 0) is 36.2 Å². The van der Waals surface area contributed by atoms with Crippen LogP contribution in [0.5, 0.6) is 0 Å². The van der Waals surface area contributed by atoms with Crippen molar-refractivity contribution in [2.75, 3.05) is 6.26 Å². The van der Waals surface area contributed by atoms with Gasteiger partial charge in [-0.3, -0.25) is 0 Å². The second kappa shape index (κ2) is 8.09. The summed E-state index contributed by atoms with van der Waals surface area (Å²) in [7, 11) is -3.27. The van der Waals surface area contributed by atoms with Crippen molar-refractivity contribution in [3.8, 4) is 22.6 Å². The second-order valence-electron chi connectivity index (χ2n) is 7.21.